The molecular formula is O4Sm. The van der Waals surface area contributed by atoms with Crippen LogP contribution >= 0.6 is 0 Å². The second kappa shape index (κ2) is 1.33. The summed E-state index contributed by atoms with van der Waals surface area (Å²) in [5, 5.41) is 0. The summed E-state index contributed by atoms with van der Waals surface area (Å²) in [5.74, 6) is 0. The molecule has 0 aromatic carbocycles. The van der Waals surface area contributed by atoms with Crippen molar-refractivity contribution in [3.63, 3.8) is 0 Å². The van der Waals surface area contributed by atoms with E-state index in [9.17, 15) is 0 Å². The van der Waals surface area contributed by atoms with E-state index in [-0.39, 0.29) is 0 Å². The Labute approximate surface area is 36.7 Å². The van der Waals surface area contributed by atoms with Crippen molar-refractivity contribution in [3.8, 4) is 0 Å². The van der Waals surface area contributed by atoms with Gasteiger partial charge in [0.05, 0.1) is 0 Å². The second-order valence-corrected chi connectivity index (χ2v) is 3.03. The summed E-state index contributed by atoms with van der Waals surface area (Å²) < 4.78 is 34.6. The van der Waals surface area contributed by atoms with Gasteiger partial charge in [0.25, 0.3) is 0 Å². The van der Waals surface area contributed by atoms with E-state index in [1.807, 2.05) is 0 Å². The Bertz CT molecular complexity index is 155. The van der Waals surface area contributed by atoms with E-state index in [0.717, 1.165) is 0 Å². The molecule has 0 spiro atoms. The van der Waals surface area contributed by atoms with Crippen LogP contribution in [0.25, 0.3) is 0 Å². The fraction of sp³-hybridized carbons (Fsp3) is 0. The molecule has 0 aromatic heterocycles. The first-order valence-electron chi connectivity index (χ1n) is 0.667. The van der Waals surface area contributed by atoms with Crippen LogP contribution in [0, 0.1) is 32.7 Å². The molecule has 30 valence electrons. The summed E-state index contributed by atoms with van der Waals surface area (Å²) in [4.78, 5) is 0. The Morgan fingerprint density at radius 2 is 0.800 bits per heavy atom. The first-order valence-corrected chi connectivity index (χ1v) is 4.94. The van der Waals surface area contributed by atoms with Crippen LogP contribution in [0.1, 0.15) is 0 Å². The molecule has 0 aliphatic heterocycles. The van der Waals surface area contributed by atoms with Gasteiger partial charge in [0.1, 0.15) is 0 Å². The molecule has 0 fully saturated rings. The zero-order valence-corrected chi connectivity index (χ0v) is 4.66. The molecule has 0 rings (SSSR count). The Balaban J connectivity index is 6.05. The molecule has 0 saturated carbocycles. The topological polar surface area (TPSA) is 68.3 Å². The van der Waals surface area contributed by atoms with Gasteiger partial charge in [-0.25, -0.2) is 0 Å². The monoisotopic (exact) mass is 216 g/mol. The van der Waals surface area contributed by atoms with E-state index in [4.69, 9.17) is 4.43 Å². The van der Waals surface area contributed by atoms with Gasteiger partial charge in [-0.2, -0.15) is 0 Å². The van der Waals surface area contributed by atoms with Crippen molar-refractivity contribution in [1.29, 1.82) is 0 Å². The minimum atomic E-state index is -6.17. The standard InChI is InChI=1S/4O.Sm. The first kappa shape index (κ1) is 5.54. The van der Waals surface area contributed by atoms with Gasteiger partial charge in [-0.05, 0) is 0 Å². The molecule has 0 aliphatic carbocycles. The second-order valence-electron chi connectivity index (χ2n) is 0.408. The van der Waals surface area contributed by atoms with Crippen LogP contribution in [0.15, 0.2) is 0 Å². The average molecular weight is 214 g/mol. The van der Waals surface area contributed by atoms with Crippen LogP contribution in [0.4, 0.5) is 0 Å². The Kier molecular flexibility index (Phi) is 1.47. The summed E-state index contributed by atoms with van der Waals surface area (Å²) in [6, 6.07) is 0. The van der Waals surface area contributed by atoms with Gasteiger partial charge in [0.2, 0.25) is 0 Å². The molecule has 0 amide bonds. The van der Waals surface area contributed by atoms with E-state index in [0.29, 0.717) is 0 Å². The molecule has 0 aromatic rings. The molecule has 0 N–H and O–H groups in total. The van der Waals surface area contributed by atoms with Crippen LogP contribution in [0.3, 0.4) is 0 Å². The number of rotatable bonds is 0. The average Bonchev–Trinajstić information content (AvgIpc) is 0.722. The van der Waals surface area contributed by atoms with E-state index >= 15 is 0 Å². The molecule has 0 bridgehead atoms. The number of hydrogen-bond acceptors (Lipinski definition) is 4. The van der Waals surface area contributed by atoms with Crippen molar-refractivity contribution in [2.75, 3.05) is 0 Å². The Hall–Kier alpha value is 0.538. The zero-order chi connectivity index (χ0) is 4.50. The molecule has 5 heteroatoms. The van der Waals surface area contributed by atoms with E-state index in [2.05, 4.69) is 0 Å². The molecule has 0 aliphatic rings. The third-order valence-corrected chi connectivity index (χ3v) is 0. The van der Waals surface area contributed by atoms with Crippen molar-refractivity contribution < 1.29 is 37.1 Å². The summed E-state index contributed by atoms with van der Waals surface area (Å²) in [7, 11) is 0. The molecule has 5 heavy (non-hydrogen) atoms. The van der Waals surface area contributed by atoms with Crippen LogP contribution < -0.4 is 0 Å². The third-order valence-electron chi connectivity index (χ3n) is 0. The summed E-state index contributed by atoms with van der Waals surface area (Å²) in [6.07, 6.45) is 0. The maximum absolute atomic E-state index is 8.65. The van der Waals surface area contributed by atoms with Gasteiger partial charge in [0, 0.05) is 0 Å². The zero-order valence-electron chi connectivity index (χ0n) is 2.04. The quantitative estimate of drug-likeness (QED) is 0.546. The van der Waals surface area contributed by atoms with Crippen LogP contribution in [0.5, 0.6) is 0 Å². The van der Waals surface area contributed by atoms with E-state index in [1.54, 1.807) is 0 Å². The van der Waals surface area contributed by atoms with Gasteiger partial charge in [-0.1, -0.05) is 0 Å². The third kappa shape index (κ3) is 101. The fourth-order valence-electron chi connectivity index (χ4n) is 0. The van der Waals surface area contributed by atoms with Crippen molar-refractivity contribution in [2.45, 2.75) is 0 Å². The molecular weight excluding hydrogens is 214 g/mol. The Morgan fingerprint density at radius 1 is 0.800 bits per heavy atom. The van der Waals surface area contributed by atoms with Crippen LogP contribution in [0.2, 0.25) is 0 Å². The molecule has 0 radical (unpaired) electrons. The molecule has 0 heterocycles. The van der Waals surface area contributed by atoms with Crippen molar-refractivity contribution >= 4 is 0 Å². The number of hydrogen-bond donors (Lipinski definition) is 0. The summed E-state index contributed by atoms with van der Waals surface area (Å²) in [5.41, 5.74) is 0. The summed E-state index contributed by atoms with van der Waals surface area (Å²) in [6.45, 7) is 0. The predicted molar refractivity (Wildman–Crippen MR) is 2.75 cm³/mol. The predicted octanol–water partition coefficient (Wildman–Crippen LogP) is -0.475. The van der Waals surface area contributed by atoms with Gasteiger partial charge in [-0.3, -0.25) is 0 Å². The van der Waals surface area contributed by atoms with Gasteiger partial charge >= 0.3 is 37.1 Å². The van der Waals surface area contributed by atoms with Crippen molar-refractivity contribution in [1.82, 2.24) is 0 Å². The normalized spacial score (nSPS) is 8.00. The minimum absolute atomic E-state index is 6.17. The fourth-order valence-corrected chi connectivity index (χ4v) is 0. The maximum atomic E-state index is 8.65. The van der Waals surface area contributed by atoms with Gasteiger partial charge < -0.3 is 0 Å². The Morgan fingerprint density at radius 3 is 0.800 bits per heavy atom. The summed E-state index contributed by atoms with van der Waals surface area (Å²) >= 11 is -6.17. The molecule has 4 nitrogen and oxygen atoms in total. The molecule has 0 unspecified atom stereocenters. The van der Waals surface area contributed by atoms with Crippen LogP contribution in [-0.4, -0.2) is 0 Å². The van der Waals surface area contributed by atoms with E-state index in [1.165, 1.54) is 0 Å². The van der Waals surface area contributed by atoms with Crippen LogP contribution in [-0.2, 0) is 4.43 Å². The van der Waals surface area contributed by atoms with E-state index < -0.39 is 32.7 Å². The molecule has 0 atom stereocenters. The first-order chi connectivity index (χ1) is 2.00. The van der Waals surface area contributed by atoms with Crippen molar-refractivity contribution in [2.24, 2.45) is 0 Å². The van der Waals surface area contributed by atoms with Crippen molar-refractivity contribution in [3.05, 3.63) is 0 Å². The van der Waals surface area contributed by atoms with Gasteiger partial charge in [-0.15, -0.1) is 0 Å². The van der Waals surface area contributed by atoms with Gasteiger partial charge in [0.15, 0.2) is 0 Å². The SMILES string of the molecule is [O]=[Sm](=[O])(=[O])=[O]. The molecule has 0 saturated heterocycles.